The Bertz CT molecular complexity index is 866. The molecule has 1 heterocycles. The fourth-order valence-electron chi connectivity index (χ4n) is 1.92. The van der Waals surface area contributed by atoms with Crippen molar-refractivity contribution in [3.05, 3.63) is 36.2 Å². The van der Waals surface area contributed by atoms with Crippen LogP contribution in [0.2, 0.25) is 0 Å². The average molecular weight is 468 g/mol. The molecule has 168 valence electrons. The highest BCUT2D eigenvalue weighted by molar-refractivity contribution is 7.96. The van der Waals surface area contributed by atoms with E-state index in [9.17, 15) is 26.3 Å². The second-order valence-electron chi connectivity index (χ2n) is 5.62. The lowest BCUT2D eigenvalue weighted by Crippen LogP contribution is -2.23. The molecule has 1 aromatic carbocycles. The van der Waals surface area contributed by atoms with Crippen LogP contribution in [0.25, 0.3) is 0 Å². The third-order valence-electron chi connectivity index (χ3n) is 3.18. The molecule has 0 aliphatic carbocycles. The smallest absolute Gasteiger partial charge is 0.422 e. The predicted octanol–water partition coefficient (Wildman–Crippen LogP) is 4.38. The normalized spacial score (nSPS) is 11.5. The van der Waals surface area contributed by atoms with Gasteiger partial charge in [-0.05, 0) is 24.3 Å². The maximum atomic E-state index is 12.5. The molecule has 2 rings (SSSR count). The van der Waals surface area contributed by atoms with Crippen LogP contribution in [0, 0.1) is 12.3 Å². The van der Waals surface area contributed by atoms with Crippen molar-refractivity contribution in [3.63, 3.8) is 0 Å². The molecule has 0 unspecified atom stereocenters. The minimum Gasteiger partial charge on any atom is -0.466 e. The van der Waals surface area contributed by atoms with Crippen LogP contribution in [0.15, 0.2) is 30.6 Å². The first-order chi connectivity index (χ1) is 14.5. The molecule has 0 aliphatic heterocycles. The van der Waals surface area contributed by atoms with Gasteiger partial charge in [0.15, 0.2) is 18.9 Å². The van der Waals surface area contributed by atoms with Crippen LogP contribution in [-0.2, 0) is 4.28 Å². The van der Waals surface area contributed by atoms with E-state index in [1.54, 1.807) is 24.3 Å². The maximum absolute atomic E-state index is 12.5. The number of alkyl halides is 6. The summed E-state index contributed by atoms with van der Waals surface area (Å²) in [6.07, 6.45) is -3.45. The van der Waals surface area contributed by atoms with E-state index < -0.39 is 43.0 Å². The van der Waals surface area contributed by atoms with Crippen LogP contribution in [0.5, 0.6) is 11.8 Å². The van der Waals surface area contributed by atoms with E-state index in [4.69, 9.17) is 10.7 Å². The summed E-state index contributed by atoms with van der Waals surface area (Å²) in [4.78, 5) is 7.10. The van der Waals surface area contributed by atoms with Crippen molar-refractivity contribution in [1.82, 2.24) is 9.97 Å². The van der Waals surface area contributed by atoms with Gasteiger partial charge in [-0.3, -0.25) is 9.79 Å². The van der Waals surface area contributed by atoms with E-state index in [-0.39, 0.29) is 0 Å². The largest absolute Gasteiger partial charge is 0.466 e. The second-order valence-corrected chi connectivity index (χ2v) is 6.48. The zero-order chi connectivity index (χ0) is 23.1. The van der Waals surface area contributed by atoms with Crippen LogP contribution in [-0.4, -0.2) is 42.6 Å². The molecule has 0 aliphatic rings. The van der Waals surface area contributed by atoms with Crippen LogP contribution in [0.4, 0.5) is 37.7 Å². The molecule has 0 amide bonds. The molecule has 0 spiro atoms. The van der Waals surface area contributed by atoms with Crippen molar-refractivity contribution >= 4 is 23.6 Å². The number of hydrogen-bond acceptors (Lipinski definition) is 8. The molecule has 0 atom stereocenters. The zero-order valence-electron chi connectivity index (χ0n) is 15.6. The molecule has 0 radical (unpaired) electrons. The molecular formula is C17H14F6N4O3S. The topological polar surface area (TPSA) is 68.7 Å². The van der Waals surface area contributed by atoms with Crippen LogP contribution in [0.1, 0.15) is 5.56 Å². The highest BCUT2D eigenvalue weighted by Gasteiger charge is 2.32. The lowest BCUT2D eigenvalue weighted by atomic mass is 10.2. The van der Waals surface area contributed by atoms with Crippen LogP contribution < -0.4 is 19.3 Å². The zero-order valence-corrected chi connectivity index (χ0v) is 16.4. The number of halogens is 6. The summed E-state index contributed by atoms with van der Waals surface area (Å²) >= 11 is 0.509. The van der Waals surface area contributed by atoms with E-state index in [2.05, 4.69) is 30.8 Å². The minimum atomic E-state index is -4.70. The summed E-state index contributed by atoms with van der Waals surface area (Å²) in [6, 6.07) is 6.43. The fourth-order valence-corrected chi connectivity index (χ4v) is 2.40. The highest BCUT2D eigenvalue weighted by atomic mass is 32.2. The standard InChI is InChI=1S/C17H14F6N4O3S/c1-3-11-4-6-12(7-5-11)26-30-31-27(2)13-14(28-8-16(18,19)20)24-10-25-15(13)29-9-17(21,22)23/h1,4-7,10,26H,8-9H2,2H3. The van der Waals surface area contributed by atoms with E-state index in [0.29, 0.717) is 29.8 Å². The van der Waals surface area contributed by atoms with Crippen molar-refractivity contribution in [2.45, 2.75) is 12.4 Å². The Morgan fingerprint density at radius 2 is 1.52 bits per heavy atom. The Morgan fingerprint density at radius 1 is 1.00 bits per heavy atom. The van der Waals surface area contributed by atoms with Gasteiger partial charge < -0.3 is 9.47 Å². The Kier molecular flexibility index (Phi) is 8.06. The van der Waals surface area contributed by atoms with Crippen molar-refractivity contribution in [3.8, 4) is 24.1 Å². The lowest BCUT2D eigenvalue weighted by molar-refractivity contribution is -0.154. The molecule has 0 saturated carbocycles. The molecule has 0 fully saturated rings. The van der Waals surface area contributed by atoms with Crippen LogP contribution >= 0.6 is 12.2 Å². The predicted molar refractivity (Wildman–Crippen MR) is 100 cm³/mol. The van der Waals surface area contributed by atoms with Gasteiger partial charge in [0.25, 0.3) is 0 Å². The number of rotatable bonds is 9. The first kappa shape index (κ1) is 24.2. The number of nitrogens with one attached hydrogen (secondary N) is 1. The fraction of sp³-hybridized carbons (Fsp3) is 0.294. The molecule has 0 saturated heterocycles. The first-order valence-corrected chi connectivity index (χ1v) is 8.82. The first-order valence-electron chi connectivity index (χ1n) is 8.12. The Labute approximate surface area is 177 Å². The van der Waals surface area contributed by atoms with Gasteiger partial charge in [0.2, 0.25) is 11.8 Å². The molecule has 7 nitrogen and oxygen atoms in total. The van der Waals surface area contributed by atoms with E-state index >= 15 is 0 Å². The Balaban J connectivity index is 2.15. The average Bonchev–Trinajstić information content (AvgIpc) is 2.70. The number of aromatic nitrogens is 2. The van der Waals surface area contributed by atoms with Gasteiger partial charge in [-0.25, -0.2) is 0 Å². The van der Waals surface area contributed by atoms with Gasteiger partial charge in [0, 0.05) is 12.6 Å². The molecule has 1 N–H and O–H groups in total. The third-order valence-corrected chi connectivity index (χ3v) is 3.74. The number of hydrogen-bond donors (Lipinski definition) is 1. The van der Waals surface area contributed by atoms with E-state index in [1.165, 1.54) is 7.05 Å². The molecule has 1 aromatic heterocycles. The van der Waals surface area contributed by atoms with Gasteiger partial charge in [0.1, 0.15) is 18.6 Å². The summed E-state index contributed by atoms with van der Waals surface area (Å²) < 4.78 is 90.4. The van der Waals surface area contributed by atoms with Gasteiger partial charge in [-0.1, -0.05) is 5.92 Å². The molecular weight excluding hydrogens is 454 g/mol. The van der Waals surface area contributed by atoms with Crippen molar-refractivity contribution in [1.29, 1.82) is 0 Å². The quantitative estimate of drug-likeness (QED) is 0.191. The molecule has 31 heavy (non-hydrogen) atoms. The SMILES string of the molecule is C#Cc1ccc(NOSN(C)c2c(OCC(F)(F)F)ncnc2OCC(F)(F)F)cc1. The Morgan fingerprint density at radius 3 is 1.97 bits per heavy atom. The summed E-state index contributed by atoms with van der Waals surface area (Å²) in [7, 11) is 1.27. The summed E-state index contributed by atoms with van der Waals surface area (Å²) in [5.41, 5.74) is 3.22. The highest BCUT2D eigenvalue weighted by Crippen LogP contribution is 2.38. The van der Waals surface area contributed by atoms with Crippen LogP contribution in [0.3, 0.4) is 0 Å². The Hall–Kier alpha value is -3.05. The molecule has 14 heteroatoms. The van der Waals surface area contributed by atoms with Crippen molar-refractivity contribution in [2.24, 2.45) is 0 Å². The summed E-state index contributed by atoms with van der Waals surface area (Å²) in [6.45, 7) is -3.45. The third kappa shape index (κ3) is 8.30. The number of ether oxygens (including phenoxy) is 2. The summed E-state index contributed by atoms with van der Waals surface area (Å²) in [5, 5.41) is 0. The molecule has 0 bridgehead atoms. The van der Waals surface area contributed by atoms with Gasteiger partial charge >= 0.3 is 12.4 Å². The number of anilines is 2. The maximum Gasteiger partial charge on any atom is 0.422 e. The van der Waals surface area contributed by atoms with E-state index in [1.807, 2.05) is 0 Å². The van der Waals surface area contributed by atoms with Gasteiger partial charge in [-0.2, -0.15) is 40.6 Å². The number of benzene rings is 1. The lowest BCUT2D eigenvalue weighted by Gasteiger charge is -2.22. The minimum absolute atomic E-state index is 0.398. The number of terminal acetylenes is 1. The second kappa shape index (κ2) is 10.3. The summed E-state index contributed by atoms with van der Waals surface area (Å²) in [5.74, 6) is 1.12. The van der Waals surface area contributed by atoms with E-state index in [0.717, 1.165) is 4.31 Å². The number of nitrogens with zero attached hydrogens (tertiary/aromatic N) is 3. The van der Waals surface area contributed by atoms with Gasteiger partial charge in [0.05, 0.1) is 5.69 Å². The monoisotopic (exact) mass is 468 g/mol. The van der Waals surface area contributed by atoms with Gasteiger partial charge in [-0.15, -0.1) is 6.42 Å². The van der Waals surface area contributed by atoms with Crippen molar-refractivity contribution in [2.75, 3.05) is 30.0 Å². The molecule has 2 aromatic rings. The van der Waals surface area contributed by atoms with Crippen molar-refractivity contribution < 1.29 is 40.1 Å².